The summed E-state index contributed by atoms with van der Waals surface area (Å²) >= 11 is 0. The number of hydrogen-bond acceptors (Lipinski definition) is 4. The number of carboxylic acids is 1. The second kappa shape index (κ2) is 9.19. The van der Waals surface area contributed by atoms with Crippen molar-refractivity contribution in [2.45, 2.75) is 26.9 Å². The summed E-state index contributed by atoms with van der Waals surface area (Å²) in [6.07, 6.45) is 0.111. The molecule has 0 bridgehead atoms. The van der Waals surface area contributed by atoms with Crippen molar-refractivity contribution in [1.29, 1.82) is 0 Å². The zero-order chi connectivity index (χ0) is 18.1. The van der Waals surface area contributed by atoms with Crippen LogP contribution >= 0.6 is 0 Å². The first-order chi connectivity index (χ1) is 11.3. The Morgan fingerprint density at radius 3 is 2.04 bits per heavy atom. The average molecular weight is 331 g/mol. The van der Waals surface area contributed by atoms with Crippen molar-refractivity contribution in [3.05, 3.63) is 54.1 Å². The molecule has 0 saturated carbocycles. The van der Waals surface area contributed by atoms with Crippen LogP contribution in [0.25, 0.3) is 0 Å². The molecule has 2 aromatic carbocycles. The molecule has 0 aliphatic rings. The predicted molar refractivity (Wildman–Crippen MR) is 90.5 cm³/mol. The van der Waals surface area contributed by atoms with E-state index in [9.17, 15) is 4.79 Å². The van der Waals surface area contributed by atoms with E-state index in [1.165, 1.54) is 0 Å². The Morgan fingerprint density at radius 2 is 1.54 bits per heavy atom. The molecule has 0 spiro atoms. The van der Waals surface area contributed by atoms with Crippen LogP contribution in [-0.4, -0.2) is 23.1 Å². The molecule has 1 amide bonds. The zero-order valence-corrected chi connectivity index (χ0v) is 13.9. The van der Waals surface area contributed by atoms with Gasteiger partial charge in [-0.05, 0) is 50.2 Å². The van der Waals surface area contributed by atoms with Crippen molar-refractivity contribution in [2.75, 3.05) is 0 Å². The van der Waals surface area contributed by atoms with E-state index >= 15 is 0 Å². The summed E-state index contributed by atoms with van der Waals surface area (Å²) in [5.74, 6) is 0.779. The van der Waals surface area contributed by atoms with E-state index in [4.69, 9.17) is 25.1 Å². The van der Waals surface area contributed by atoms with E-state index < -0.39 is 11.9 Å². The molecule has 0 aliphatic carbocycles. The lowest BCUT2D eigenvalue weighted by molar-refractivity contribution is -0.134. The normalized spacial score (nSPS) is 9.67. The fourth-order valence-corrected chi connectivity index (χ4v) is 1.71. The molecule has 3 N–H and O–H groups in total. The van der Waals surface area contributed by atoms with Gasteiger partial charge in [0.2, 0.25) is 5.91 Å². The Hall–Kier alpha value is -3.02. The molecule has 6 nitrogen and oxygen atoms in total. The number of hydrogen-bond donors (Lipinski definition) is 2. The first kappa shape index (κ1) is 19.0. The van der Waals surface area contributed by atoms with Crippen molar-refractivity contribution in [1.82, 2.24) is 0 Å². The quantitative estimate of drug-likeness (QED) is 0.874. The van der Waals surface area contributed by atoms with Crippen LogP contribution in [0.4, 0.5) is 0 Å². The minimum absolute atomic E-state index is 0.111. The van der Waals surface area contributed by atoms with Crippen molar-refractivity contribution in [2.24, 2.45) is 5.73 Å². The molecule has 128 valence electrons. The van der Waals surface area contributed by atoms with E-state index in [1.807, 2.05) is 38.1 Å². The molecule has 0 heterocycles. The van der Waals surface area contributed by atoms with Gasteiger partial charge in [-0.15, -0.1) is 0 Å². The van der Waals surface area contributed by atoms with Crippen molar-refractivity contribution in [3.8, 4) is 17.2 Å². The van der Waals surface area contributed by atoms with Gasteiger partial charge in [0.25, 0.3) is 5.97 Å². The van der Waals surface area contributed by atoms with Gasteiger partial charge < -0.3 is 20.3 Å². The SMILES string of the molecule is CC(=O)O.CC(C)Oc1cccc(Oc2ccc(C(N)=O)cc2)c1. The summed E-state index contributed by atoms with van der Waals surface area (Å²) < 4.78 is 11.3. The Kier molecular flexibility index (Phi) is 7.29. The van der Waals surface area contributed by atoms with Crippen molar-refractivity contribution in [3.63, 3.8) is 0 Å². The highest BCUT2D eigenvalue weighted by atomic mass is 16.5. The summed E-state index contributed by atoms with van der Waals surface area (Å²) in [5, 5.41) is 7.42. The number of rotatable bonds is 5. The summed E-state index contributed by atoms with van der Waals surface area (Å²) in [5.41, 5.74) is 5.64. The van der Waals surface area contributed by atoms with E-state index in [-0.39, 0.29) is 6.10 Å². The Bertz CT molecular complexity index is 676. The minimum atomic E-state index is -0.833. The maximum absolute atomic E-state index is 11.0. The Morgan fingerprint density at radius 1 is 1.00 bits per heavy atom. The number of aliphatic carboxylic acids is 1. The van der Waals surface area contributed by atoms with Crippen LogP contribution in [-0.2, 0) is 4.79 Å². The number of primary amides is 1. The highest BCUT2D eigenvalue weighted by molar-refractivity contribution is 5.92. The Labute approximate surface area is 140 Å². The smallest absolute Gasteiger partial charge is 0.300 e. The van der Waals surface area contributed by atoms with Crippen LogP contribution in [0.1, 0.15) is 31.1 Å². The van der Waals surface area contributed by atoms with Crippen molar-refractivity contribution < 1.29 is 24.2 Å². The fourth-order valence-electron chi connectivity index (χ4n) is 1.71. The molecule has 6 heteroatoms. The summed E-state index contributed by atoms with van der Waals surface area (Å²) in [7, 11) is 0. The Balaban J connectivity index is 0.000000648. The van der Waals surface area contributed by atoms with Gasteiger partial charge in [-0.3, -0.25) is 9.59 Å². The fraction of sp³-hybridized carbons (Fsp3) is 0.222. The lowest BCUT2D eigenvalue weighted by Crippen LogP contribution is -2.10. The number of amides is 1. The largest absolute Gasteiger partial charge is 0.491 e. The van der Waals surface area contributed by atoms with E-state index in [2.05, 4.69) is 0 Å². The minimum Gasteiger partial charge on any atom is -0.491 e. The van der Waals surface area contributed by atoms with E-state index in [0.29, 0.717) is 17.1 Å². The molecule has 0 fully saturated rings. The lowest BCUT2D eigenvalue weighted by atomic mass is 10.2. The highest BCUT2D eigenvalue weighted by Gasteiger charge is 2.03. The molecule has 0 unspecified atom stereocenters. The van der Waals surface area contributed by atoms with Crippen LogP contribution in [0.3, 0.4) is 0 Å². The number of carbonyl (C=O) groups is 2. The summed E-state index contributed by atoms with van der Waals surface area (Å²) in [6.45, 7) is 5.02. The van der Waals surface area contributed by atoms with Crippen molar-refractivity contribution >= 4 is 11.9 Å². The lowest BCUT2D eigenvalue weighted by Gasteiger charge is -2.11. The molecule has 24 heavy (non-hydrogen) atoms. The topological polar surface area (TPSA) is 98.8 Å². The molecular weight excluding hydrogens is 310 g/mol. The molecule has 0 atom stereocenters. The van der Waals surface area contributed by atoms with Gasteiger partial charge >= 0.3 is 0 Å². The first-order valence-electron chi connectivity index (χ1n) is 7.32. The maximum Gasteiger partial charge on any atom is 0.300 e. The van der Waals surface area contributed by atoms with Crippen LogP contribution in [0, 0.1) is 0 Å². The molecule has 0 saturated heterocycles. The van der Waals surface area contributed by atoms with Gasteiger partial charge in [-0.1, -0.05) is 6.07 Å². The van der Waals surface area contributed by atoms with Gasteiger partial charge in [-0.2, -0.15) is 0 Å². The molecule has 2 rings (SSSR count). The van der Waals surface area contributed by atoms with Crippen LogP contribution in [0.2, 0.25) is 0 Å². The zero-order valence-electron chi connectivity index (χ0n) is 13.9. The first-order valence-corrected chi connectivity index (χ1v) is 7.32. The standard InChI is InChI=1S/C16H17NO3.C2H4O2/c1-11(2)19-14-4-3-5-15(10-14)20-13-8-6-12(7-9-13)16(17)18;1-2(3)4/h3-11H,1-2H3,(H2,17,18);1H3,(H,3,4). The van der Waals surface area contributed by atoms with Crippen LogP contribution in [0.15, 0.2) is 48.5 Å². The van der Waals surface area contributed by atoms with Crippen LogP contribution in [0.5, 0.6) is 17.2 Å². The second-order valence-electron chi connectivity index (χ2n) is 5.15. The highest BCUT2D eigenvalue weighted by Crippen LogP contribution is 2.25. The predicted octanol–water partition coefficient (Wildman–Crippen LogP) is 3.46. The maximum atomic E-state index is 11.0. The van der Waals surface area contributed by atoms with Gasteiger partial charge in [0.05, 0.1) is 6.10 Å². The van der Waals surface area contributed by atoms with E-state index in [1.54, 1.807) is 24.3 Å². The third-order valence-electron chi connectivity index (χ3n) is 2.55. The number of carboxylic acid groups (broad SMARTS) is 1. The third kappa shape index (κ3) is 7.31. The molecule has 0 aliphatic heterocycles. The van der Waals surface area contributed by atoms with Gasteiger partial charge in [0, 0.05) is 18.6 Å². The number of benzene rings is 2. The third-order valence-corrected chi connectivity index (χ3v) is 2.55. The average Bonchev–Trinajstić information content (AvgIpc) is 2.47. The van der Waals surface area contributed by atoms with Gasteiger partial charge in [-0.25, -0.2) is 0 Å². The summed E-state index contributed by atoms with van der Waals surface area (Å²) in [6, 6.07) is 14.1. The molecule has 0 aromatic heterocycles. The summed E-state index contributed by atoms with van der Waals surface area (Å²) in [4.78, 5) is 20.0. The molecule has 0 radical (unpaired) electrons. The second-order valence-corrected chi connectivity index (χ2v) is 5.15. The number of carbonyl (C=O) groups excluding carboxylic acids is 1. The molecular formula is C18H21NO5. The number of nitrogens with two attached hydrogens (primary N) is 1. The van der Waals surface area contributed by atoms with Gasteiger partial charge in [0.1, 0.15) is 17.2 Å². The van der Waals surface area contributed by atoms with Gasteiger partial charge in [0.15, 0.2) is 0 Å². The monoisotopic (exact) mass is 331 g/mol. The van der Waals surface area contributed by atoms with E-state index in [0.717, 1.165) is 12.7 Å². The van der Waals surface area contributed by atoms with Crippen LogP contribution < -0.4 is 15.2 Å². The molecule has 2 aromatic rings. The number of ether oxygens (including phenoxy) is 2.